The molecule has 1 aromatic heterocycles. The molecule has 0 saturated carbocycles. The molecule has 0 fully saturated rings. The molecule has 6 nitrogen and oxygen atoms in total. The van der Waals surface area contributed by atoms with E-state index in [2.05, 4.69) is 15.5 Å². The second-order valence-corrected chi connectivity index (χ2v) is 7.76. The second-order valence-electron chi connectivity index (χ2n) is 5.58. The lowest BCUT2D eigenvalue weighted by atomic mass is 10.1. The standard InChI is InChI=1S/C15H21N3O3S/c1-11-4-6-13(7-5-11)15-17-14(21-18-15)8-9-16-12(2)10-22(3,19)20/h4-7,12,16H,8-10H2,1-3H3/t12-/m0/s1. The van der Waals surface area contributed by atoms with Gasteiger partial charge in [-0.05, 0) is 13.8 Å². The fourth-order valence-corrected chi connectivity index (χ4v) is 3.14. The lowest BCUT2D eigenvalue weighted by Crippen LogP contribution is -2.34. The Morgan fingerprint density at radius 2 is 1.95 bits per heavy atom. The molecule has 1 N–H and O–H groups in total. The number of nitrogens with one attached hydrogen (secondary N) is 1. The van der Waals surface area contributed by atoms with Gasteiger partial charge in [-0.25, -0.2) is 8.42 Å². The van der Waals surface area contributed by atoms with Crippen molar-refractivity contribution >= 4 is 9.84 Å². The number of aryl methyl sites for hydroxylation is 1. The molecular formula is C15H21N3O3S. The van der Waals surface area contributed by atoms with E-state index in [1.54, 1.807) is 0 Å². The summed E-state index contributed by atoms with van der Waals surface area (Å²) >= 11 is 0. The van der Waals surface area contributed by atoms with Crippen LogP contribution in [0.15, 0.2) is 28.8 Å². The van der Waals surface area contributed by atoms with Gasteiger partial charge in [0, 0.05) is 30.8 Å². The number of hydrogen-bond acceptors (Lipinski definition) is 6. The highest BCUT2D eigenvalue weighted by molar-refractivity contribution is 7.90. The molecule has 0 saturated heterocycles. The van der Waals surface area contributed by atoms with Crippen molar-refractivity contribution in [2.45, 2.75) is 26.3 Å². The van der Waals surface area contributed by atoms with Gasteiger partial charge in [0.15, 0.2) is 0 Å². The zero-order valence-electron chi connectivity index (χ0n) is 13.0. The Hall–Kier alpha value is -1.73. The number of aromatic nitrogens is 2. The van der Waals surface area contributed by atoms with Crippen molar-refractivity contribution < 1.29 is 12.9 Å². The summed E-state index contributed by atoms with van der Waals surface area (Å²) in [6, 6.07) is 7.81. The summed E-state index contributed by atoms with van der Waals surface area (Å²) < 4.78 is 27.6. The van der Waals surface area contributed by atoms with Crippen LogP contribution in [0.5, 0.6) is 0 Å². The van der Waals surface area contributed by atoms with Crippen LogP contribution in [0.4, 0.5) is 0 Å². The maximum Gasteiger partial charge on any atom is 0.228 e. The molecule has 2 rings (SSSR count). The maximum absolute atomic E-state index is 11.2. The molecule has 1 heterocycles. The largest absolute Gasteiger partial charge is 0.339 e. The fourth-order valence-electron chi connectivity index (χ4n) is 2.11. The summed E-state index contributed by atoms with van der Waals surface area (Å²) in [6.45, 7) is 4.45. The zero-order chi connectivity index (χ0) is 16.2. The van der Waals surface area contributed by atoms with Crippen molar-refractivity contribution in [1.82, 2.24) is 15.5 Å². The van der Waals surface area contributed by atoms with Crippen LogP contribution in [0.25, 0.3) is 11.4 Å². The molecule has 0 amide bonds. The summed E-state index contributed by atoms with van der Waals surface area (Å²) in [5.74, 6) is 1.22. The Bertz CT molecular complexity index is 708. The minimum Gasteiger partial charge on any atom is -0.339 e. The second kappa shape index (κ2) is 7.02. The van der Waals surface area contributed by atoms with Crippen LogP contribution in [-0.4, -0.2) is 43.2 Å². The van der Waals surface area contributed by atoms with Crippen LogP contribution < -0.4 is 5.32 Å². The quantitative estimate of drug-likeness (QED) is 0.833. The van der Waals surface area contributed by atoms with E-state index in [-0.39, 0.29) is 11.8 Å². The average molecular weight is 323 g/mol. The molecule has 120 valence electrons. The Morgan fingerprint density at radius 3 is 2.59 bits per heavy atom. The molecule has 0 radical (unpaired) electrons. The van der Waals surface area contributed by atoms with Crippen molar-refractivity contribution in [1.29, 1.82) is 0 Å². The van der Waals surface area contributed by atoms with Crippen LogP contribution in [0.2, 0.25) is 0 Å². The molecule has 1 atom stereocenters. The summed E-state index contributed by atoms with van der Waals surface area (Å²) in [7, 11) is -2.97. The molecule has 7 heteroatoms. The summed E-state index contributed by atoms with van der Waals surface area (Å²) in [4.78, 5) is 4.35. The van der Waals surface area contributed by atoms with Gasteiger partial charge in [0.1, 0.15) is 9.84 Å². The topological polar surface area (TPSA) is 85.1 Å². The third-order valence-electron chi connectivity index (χ3n) is 3.16. The van der Waals surface area contributed by atoms with E-state index in [9.17, 15) is 8.42 Å². The van der Waals surface area contributed by atoms with Crippen molar-refractivity contribution in [2.24, 2.45) is 0 Å². The smallest absolute Gasteiger partial charge is 0.228 e. The van der Waals surface area contributed by atoms with E-state index in [0.717, 1.165) is 5.56 Å². The van der Waals surface area contributed by atoms with Gasteiger partial charge in [-0.2, -0.15) is 4.98 Å². The van der Waals surface area contributed by atoms with Crippen LogP contribution in [0.1, 0.15) is 18.4 Å². The normalized spacial score (nSPS) is 13.2. The molecule has 22 heavy (non-hydrogen) atoms. The Balaban J connectivity index is 1.86. The highest BCUT2D eigenvalue weighted by atomic mass is 32.2. The Labute approximate surface area is 130 Å². The lowest BCUT2D eigenvalue weighted by Gasteiger charge is -2.11. The lowest BCUT2D eigenvalue weighted by molar-refractivity contribution is 0.374. The van der Waals surface area contributed by atoms with Crippen molar-refractivity contribution in [2.75, 3.05) is 18.6 Å². The van der Waals surface area contributed by atoms with Gasteiger partial charge in [0.05, 0.1) is 5.75 Å². The van der Waals surface area contributed by atoms with Gasteiger partial charge < -0.3 is 9.84 Å². The number of nitrogens with zero attached hydrogens (tertiary/aromatic N) is 2. The maximum atomic E-state index is 11.2. The third kappa shape index (κ3) is 5.23. The van der Waals surface area contributed by atoms with Crippen molar-refractivity contribution in [3.05, 3.63) is 35.7 Å². The first-order valence-electron chi connectivity index (χ1n) is 7.14. The van der Waals surface area contributed by atoms with Crippen LogP contribution >= 0.6 is 0 Å². The monoisotopic (exact) mass is 323 g/mol. The minimum atomic E-state index is -2.97. The predicted octanol–water partition coefficient (Wildman–Crippen LogP) is 1.61. The van der Waals surface area contributed by atoms with Gasteiger partial charge in [-0.15, -0.1) is 0 Å². The third-order valence-corrected chi connectivity index (χ3v) is 4.27. The molecule has 0 unspecified atom stereocenters. The van der Waals surface area contributed by atoms with Gasteiger partial charge in [0.25, 0.3) is 0 Å². The van der Waals surface area contributed by atoms with Crippen molar-refractivity contribution in [3.63, 3.8) is 0 Å². The van der Waals surface area contributed by atoms with Crippen LogP contribution in [0.3, 0.4) is 0 Å². The number of benzene rings is 1. The summed E-state index contributed by atoms with van der Waals surface area (Å²) in [5.41, 5.74) is 2.09. The highest BCUT2D eigenvalue weighted by Crippen LogP contribution is 2.16. The van der Waals surface area contributed by atoms with E-state index in [4.69, 9.17) is 4.52 Å². The number of sulfone groups is 1. The van der Waals surface area contributed by atoms with E-state index in [0.29, 0.717) is 24.7 Å². The molecule has 0 aliphatic heterocycles. The van der Waals surface area contributed by atoms with Crippen LogP contribution in [-0.2, 0) is 16.3 Å². The molecule has 2 aromatic rings. The molecular weight excluding hydrogens is 302 g/mol. The van der Waals surface area contributed by atoms with Gasteiger partial charge in [-0.3, -0.25) is 0 Å². The van der Waals surface area contributed by atoms with Gasteiger partial charge >= 0.3 is 0 Å². The van der Waals surface area contributed by atoms with E-state index < -0.39 is 9.84 Å². The molecule has 0 spiro atoms. The first kappa shape index (κ1) is 16.6. The number of hydrogen-bond donors (Lipinski definition) is 1. The van der Waals surface area contributed by atoms with Gasteiger partial charge in [-0.1, -0.05) is 35.0 Å². The first-order chi connectivity index (χ1) is 10.3. The molecule has 0 aliphatic carbocycles. The average Bonchev–Trinajstić information content (AvgIpc) is 2.86. The Morgan fingerprint density at radius 1 is 1.27 bits per heavy atom. The van der Waals surface area contributed by atoms with E-state index in [1.807, 2.05) is 38.1 Å². The SMILES string of the molecule is Cc1ccc(-c2noc(CCN[C@@H](C)CS(C)(=O)=O)n2)cc1. The van der Waals surface area contributed by atoms with E-state index >= 15 is 0 Å². The molecule has 1 aromatic carbocycles. The highest BCUT2D eigenvalue weighted by Gasteiger charge is 2.11. The van der Waals surface area contributed by atoms with Gasteiger partial charge in [0.2, 0.25) is 11.7 Å². The predicted molar refractivity (Wildman–Crippen MR) is 85.4 cm³/mol. The van der Waals surface area contributed by atoms with Crippen molar-refractivity contribution in [3.8, 4) is 11.4 Å². The van der Waals surface area contributed by atoms with Crippen LogP contribution in [0, 0.1) is 6.92 Å². The molecule has 0 aliphatic rings. The van der Waals surface area contributed by atoms with E-state index in [1.165, 1.54) is 11.8 Å². The fraction of sp³-hybridized carbons (Fsp3) is 0.467. The number of rotatable bonds is 7. The summed E-state index contributed by atoms with van der Waals surface area (Å²) in [5, 5.41) is 7.10. The minimum absolute atomic E-state index is 0.102. The molecule has 0 bridgehead atoms. The Kier molecular flexibility index (Phi) is 5.31. The summed E-state index contributed by atoms with van der Waals surface area (Å²) in [6.07, 6.45) is 1.80. The first-order valence-corrected chi connectivity index (χ1v) is 9.20. The zero-order valence-corrected chi connectivity index (χ0v) is 13.9.